The van der Waals surface area contributed by atoms with E-state index in [4.69, 9.17) is 4.74 Å². The van der Waals surface area contributed by atoms with Crippen molar-refractivity contribution in [3.8, 4) is 0 Å². The standard InChI is InChI=1S/C20H25N3O3/c1-12-5-4-6-16(13(12)2)23-19(24)14(3)26-20(25)15-7-8-17-18(11-15)22-10-9-21-17/h7-14,16H,4-6H2,1-3H3,(H,23,24)/t12-,13+,14+,16-/m0/s1. The number of benzene rings is 1. The second kappa shape index (κ2) is 7.81. The van der Waals surface area contributed by atoms with Gasteiger partial charge in [-0.25, -0.2) is 4.79 Å². The van der Waals surface area contributed by atoms with Gasteiger partial charge in [-0.2, -0.15) is 0 Å². The van der Waals surface area contributed by atoms with Crippen LogP contribution in [0.15, 0.2) is 30.6 Å². The van der Waals surface area contributed by atoms with E-state index in [1.807, 2.05) is 0 Å². The average Bonchev–Trinajstić information content (AvgIpc) is 2.64. The number of nitrogens with zero attached hydrogens (tertiary/aromatic N) is 2. The molecule has 4 atom stereocenters. The van der Waals surface area contributed by atoms with Gasteiger partial charge in [0.15, 0.2) is 6.10 Å². The maximum absolute atomic E-state index is 12.4. The summed E-state index contributed by atoms with van der Waals surface area (Å²) in [4.78, 5) is 33.1. The van der Waals surface area contributed by atoms with E-state index in [0.29, 0.717) is 28.4 Å². The van der Waals surface area contributed by atoms with Gasteiger partial charge in [-0.05, 0) is 43.4 Å². The smallest absolute Gasteiger partial charge is 0.338 e. The molecule has 0 spiro atoms. The van der Waals surface area contributed by atoms with Gasteiger partial charge in [0.05, 0.1) is 16.6 Å². The molecule has 6 heteroatoms. The van der Waals surface area contributed by atoms with Gasteiger partial charge in [-0.3, -0.25) is 14.8 Å². The molecule has 3 rings (SSSR count). The van der Waals surface area contributed by atoms with Crippen LogP contribution in [-0.4, -0.2) is 34.0 Å². The summed E-state index contributed by atoms with van der Waals surface area (Å²) in [6.45, 7) is 5.99. The first-order valence-corrected chi connectivity index (χ1v) is 9.18. The van der Waals surface area contributed by atoms with Crippen molar-refractivity contribution in [2.24, 2.45) is 11.8 Å². The summed E-state index contributed by atoms with van der Waals surface area (Å²) in [6, 6.07) is 5.12. The number of fused-ring (bicyclic) bond motifs is 1. The summed E-state index contributed by atoms with van der Waals surface area (Å²) in [6.07, 6.45) is 5.61. The molecule has 1 amide bonds. The van der Waals surface area contributed by atoms with E-state index in [0.717, 1.165) is 12.8 Å². The molecule has 2 aromatic rings. The Kier molecular flexibility index (Phi) is 5.49. The molecule has 0 aliphatic heterocycles. The predicted molar refractivity (Wildman–Crippen MR) is 98.5 cm³/mol. The second-order valence-electron chi connectivity index (χ2n) is 7.19. The first kappa shape index (κ1) is 18.3. The number of rotatable bonds is 4. The topological polar surface area (TPSA) is 81.2 Å². The zero-order valence-electron chi connectivity index (χ0n) is 15.4. The lowest BCUT2D eigenvalue weighted by Crippen LogP contribution is -2.47. The highest BCUT2D eigenvalue weighted by Gasteiger charge is 2.30. The molecule has 26 heavy (non-hydrogen) atoms. The Labute approximate surface area is 153 Å². The highest BCUT2D eigenvalue weighted by molar-refractivity contribution is 5.95. The molecule has 0 radical (unpaired) electrons. The number of hydrogen-bond acceptors (Lipinski definition) is 5. The maximum atomic E-state index is 12.4. The van der Waals surface area contributed by atoms with Crippen LogP contribution in [-0.2, 0) is 9.53 Å². The van der Waals surface area contributed by atoms with Crippen molar-refractivity contribution in [3.05, 3.63) is 36.2 Å². The van der Waals surface area contributed by atoms with Gasteiger partial charge in [0.2, 0.25) is 0 Å². The van der Waals surface area contributed by atoms with Crippen molar-refractivity contribution in [1.29, 1.82) is 0 Å². The molecule has 1 N–H and O–H groups in total. The number of esters is 1. The Morgan fingerprint density at radius 3 is 2.65 bits per heavy atom. The lowest BCUT2D eigenvalue weighted by molar-refractivity contribution is -0.130. The van der Waals surface area contributed by atoms with Gasteiger partial charge in [0, 0.05) is 18.4 Å². The Hall–Kier alpha value is -2.50. The molecule has 0 saturated heterocycles. The van der Waals surface area contributed by atoms with E-state index in [1.54, 1.807) is 37.5 Å². The molecule has 1 aromatic heterocycles. The third-order valence-electron chi connectivity index (χ3n) is 5.39. The van der Waals surface area contributed by atoms with Crippen LogP contribution in [0.5, 0.6) is 0 Å². The number of carbonyl (C=O) groups is 2. The van der Waals surface area contributed by atoms with Crippen molar-refractivity contribution < 1.29 is 14.3 Å². The summed E-state index contributed by atoms with van der Waals surface area (Å²) >= 11 is 0. The van der Waals surface area contributed by atoms with Crippen molar-refractivity contribution in [1.82, 2.24) is 15.3 Å². The van der Waals surface area contributed by atoms with E-state index < -0.39 is 12.1 Å². The minimum absolute atomic E-state index is 0.142. The van der Waals surface area contributed by atoms with Gasteiger partial charge < -0.3 is 10.1 Å². The Bertz CT molecular complexity index is 808. The van der Waals surface area contributed by atoms with Gasteiger partial charge in [-0.15, -0.1) is 0 Å². The minimum atomic E-state index is -0.843. The third kappa shape index (κ3) is 4.00. The Balaban J connectivity index is 1.61. The van der Waals surface area contributed by atoms with Crippen LogP contribution in [0.25, 0.3) is 11.0 Å². The molecule has 1 fully saturated rings. The molecule has 1 aromatic carbocycles. The van der Waals surface area contributed by atoms with Gasteiger partial charge >= 0.3 is 5.97 Å². The molecule has 1 saturated carbocycles. The SMILES string of the molecule is C[C@H]1[C@@H](NC(=O)[C@@H](C)OC(=O)c2ccc3nccnc3c2)CCC[C@@H]1C. The van der Waals surface area contributed by atoms with E-state index in [-0.39, 0.29) is 11.9 Å². The first-order valence-electron chi connectivity index (χ1n) is 9.18. The number of hydrogen-bond donors (Lipinski definition) is 1. The van der Waals surface area contributed by atoms with Crippen LogP contribution < -0.4 is 5.32 Å². The van der Waals surface area contributed by atoms with E-state index in [2.05, 4.69) is 29.1 Å². The Morgan fingerprint density at radius 1 is 1.15 bits per heavy atom. The lowest BCUT2D eigenvalue weighted by atomic mass is 9.78. The Morgan fingerprint density at radius 2 is 1.88 bits per heavy atom. The van der Waals surface area contributed by atoms with Crippen LogP contribution in [0.1, 0.15) is 50.4 Å². The highest BCUT2D eigenvalue weighted by Crippen LogP contribution is 2.29. The number of nitrogens with one attached hydrogen (secondary N) is 1. The molecule has 6 nitrogen and oxygen atoms in total. The number of amides is 1. The summed E-state index contributed by atoms with van der Waals surface area (Å²) in [5.41, 5.74) is 1.68. The van der Waals surface area contributed by atoms with Gasteiger partial charge in [-0.1, -0.05) is 26.7 Å². The number of carbonyl (C=O) groups excluding carboxylic acids is 2. The van der Waals surface area contributed by atoms with Crippen LogP contribution in [0.4, 0.5) is 0 Å². The molecule has 1 heterocycles. The molecule has 0 unspecified atom stereocenters. The van der Waals surface area contributed by atoms with E-state index >= 15 is 0 Å². The fraction of sp³-hybridized carbons (Fsp3) is 0.500. The normalized spacial score (nSPS) is 24.0. The molecule has 138 valence electrons. The fourth-order valence-corrected chi connectivity index (χ4v) is 3.46. The number of ether oxygens (including phenoxy) is 1. The van der Waals surface area contributed by atoms with Crippen LogP contribution >= 0.6 is 0 Å². The minimum Gasteiger partial charge on any atom is -0.449 e. The largest absolute Gasteiger partial charge is 0.449 e. The van der Waals surface area contributed by atoms with Crippen LogP contribution in [0, 0.1) is 11.8 Å². The zero-order valence-corrected chi connectivity index (χ0v) is 15.4. The highest BCUT2D eigenvalue weighted by atomic mass is 16.5. The maximum Gasteiger partial charge on any atom is 0.338 e. The molecule has 1 aliphatic rings. The zero-order chi connectivity index (χ0) is 18.7. The van der Waals surface area contributed by atoms with Gasteiger partial charge in [0.25, 0.3) is 5.91 Å². The fourth-order valence-electron chi connectivity index (χ4n) is 3.46. The van der Waals surface area contributed by atoms with Crippen molar-refractivity contribution in [3.63, 3.8) is 0 Å². The third-order valence-corrected chi connectivity index (χ3v) is 5.39. The first-order chi connectivity index (χ1) is 12.5. The molecule has 1 aliphatic carbocycles. The van der Waals surface area contributed by atoms with Crippen molar-refractivity contribution >= 4 is 22.9 Å². The summed E-state index contributed by atoms with van der Waals surface area (Å²) in [5, 5.41) is 3.05. The van der Waals surface area contributed by atoms with Crippen LogP contribution in [0.3, 0.4) is 0 Å². The predicted octanol–water partition coefficient (Wildman–Crippen LogP) is 3.12. The quantitative estimate of drug-likeness (QED) is 0.852. The second-order valence-corrected chi connectivity index (χ2v) is 7.19. The van der Waals surface area contributed by atoms with Crippen molar-refractivity contribution in [2.75, 3.05) is 0 Å². The molecular weight excluding hydrogens is 330 g/mol. The number of aromatic nitrogens is 2. The summed E-state index contributed by atoms with van der Waals surface area (Å²) < 4.78 is 5.35. The molecule has 0 bridgehead atoms. The van der Waals surface area contributed by atoms with Gasteiger partial charge in [0.1, 0.15) is 0 Å². The van der Waals surface area contributed by atoms with E-state index in [9.17, 15) is 9.59 Å². The van der Waals surface area contributed by atoms with Crippen molar-refractivity contribution in [2.45, 2.75) is 52.2 Å². The summed E-state index contributed by atoms with van der Waals surface area (Å²) in [7, 11) is 0. The monoisotopic (exact) mass is 355 g/mol. The van der Waals surface area contributed by atoms with Crippen LogP contribution in [0.2, 0.25) is 0 Å². The molecular formula is C20H25N3O3. The summed E-state index contributed by atoms with van der Waals surface area (Å²) in [5.74, 6) is 0.232. The average molecular weight is 355 g/mol. The lowest BCUT2D eigenvalue weighted by Gasteiger charge is -2.35. The van der Waals surface area contributed by atoms with E-state index in [1.165, 1.54) is 6.42 Å².